The van der Waals surface area contributed by atoms with Crippen LogP contribution >= 0.6 is 23.2 Å². The number of methoxy groups -OCH3 is 2. The summed E-state index contributed by atoms with van der Waals surface area (Å²) < 4.78 is 16.7. The van der Waals surface area contributed by atoms with Gasteiger partial charge in [0.25, 0.3) is 0 Å². The van der Waals surface area contributed by atoms with Crippen LogP contribution in [0.2, 0.25) is 10.0 Å². The zero-order valence-electron chi connectivity index (χ0n) is 27.2. The number of benzene rings is 3. The Morgan fingerprint density at radius 3 is 2.29 bits per heavy atom. The molecule has 0 radical (unpaired) electrons. The fraction of sp³-hybridized carbons (Fsp3) is 0.378. The van der Waals surface area contributed by atoms with Crippen LogP contribution in [0.5, 0.6) is 11.6 Å². The number of hydrogen-bond acceptors (Lipinski definition) is 9. The topological polar surface area (TPSA) is 97.3 Å². The Labute approximate surface area is 290 Å². The first-order valence-corrected chi connectivity index (χ1v) is 17.0. The number of aliphatic hydroxyl groups is 1. The number of ether oxygens (including phenoxy) is 3. The molecule has 0 saturated carbocycles. The summed E-state index contributed by atoms with van der Waals surface area (Å²) in [6.45, 7) is 5.48. The van der Waals surface area contributed by atoms with Crippen LogP contribution < -0.4 is 9.47 Å². The summed E-state index contributed by atoms with van der Waals surface area (Å²) in [6, 6.07) is 16.4. The van der Waals surface area contributed by atoms with Crippen molar-refractivity contribution in [3.8, 4) is 45.1 Å². The van der Waals surface area contributed by atoms with Crippen LogP contribution in [0.4, 0.5) is 0 Å². The van der Waals surface area contributed by atoms with Gasteiger partial charge in [-0.25, -0.2) is 4.98 Å². The second-order valence-corrected chi connectivity index (χ2v) is 13.4. The molecule has 3 aromatic carbocycles. The van der Waals surface area contributed by atoms with Gasteiger partial charge in [0.15, 0.2) is 0 Å². The molecule has 1 atom stereocenters. The number of halogens is 2. The molecule has 0 bridgehead atoms. The minimum absolute atomic E-state index is 0.0441. The van der Waals surface area contributed by atoms with Crippen molar-refractivity contribution in [2.75, 3.05) is 47.0 Å². The van der Waals surface area contributed by atoms with Crippen molar-refractivity contribution in [1.82, 2.24) is 19.8 Å². The normalized spacial score (nSPS) is 18.2. The maximum Gasteiger partial charge on any atom is 0.311 e. The van der Waals surface area contributed by atoms with Gasteiger partial charge < -0.3 is 19.3 Å². The van der Waals surface area contributed by atoms with Gasteiger partial charge in [-0.3, -0.25) is 19.6 Å². The maximum absolute atomic E-state index is 12.2. The van der Waals surface area contributed by atoms with E-state index in [0.29, 0.717) is 65.2 Å². The Morgan fingerprint density at radius 1 is 0.938 bits per heavy atom. The zero-order chi connectivity index (χ0) is 33.5. The fourth-order valence-electron chi connectivity index (χ4n) is 7.08. The highest BCUT2D eigenvalue weighted by Crippen LogP contribution is 2.45. The number of esters is 1. The molecule has 4 aromatic rings. The van der Waals surface area contributed by atoms with Crippen LogP contribution in [0.1, 0.15) is 23.7 Å². The Morgan fingerprint density at radius 2 is 1.62 bits per heavy atom. The largest absolute Gasteiger partial charge is 0.496 e. The standard InChI is InChI=1S/C37H38Cl2N4O5/c1-4-48-37(45)23-16-43(17-23)24-12-21-11-22(13-33(46-2)30(21)14-24)26-7-5-8-27(34(26)38)28-9-6-10-29(35(28)39)31-15-40-32(36(41-31)47-3)20-42-18-25(44)19-42/h5-11,13,15,23-25,44H,4,12,14,16-20H2,1-3H3/t24-/m0/s1. The summed E-state index contributed by atoms with van der Waals surface area (Å²) in [4.78, 5) is 26.0. The molecule has 3 aliphatic rings. The number of nitrogens with zero attached hydrogens (tertiary/aromatic N) is 4. The molecule has 1 aliphatic carbocycles. The van der Waals surface area contributed by atoms with E-state index in [4.69, 9.17) is 42.4 Å². The molecular formula is C37H38Cl2N4O5. The van der Waals surface area contributed by atoms with Gasteiger partial charge in [-0.2, -0.15) is 0 Å². The highest BCUT2D eigenvalue weighted by atomic mass is 35.5. The van der Waals surface area contributed by atoms with Crippen LogP contribution in [0, 0.1) is 5.92 Å². The summed E-state index contributed by atoms with van der Waals surface area (Å²) in [7, 11) is 3.28. The van der Waals surface area contributed by atoms with Crippen molar-refractivity contribution in [2.24, 2.45) is 5.92 Å². The van der Waals surface area contributed by atoms with Crippen molar-refractivity contribution in [1.29, 1.82) is 0 Å². The summed E-state index contributed by atoms with van der Waals surface area (Å²) in [5, 5.41) is 10.7. The van der Waals surface area contributed by atoms with Gasteiger partial charge >= 0.3 is 5.97 Å². The SMILES string of the molecule is CCOC(=O)C1CN([C@H]2Cc3cc(-c4cccc(-c5cccc(-c6cnc(CN7CC(O)C7)c(OC)n6)c5Cl)c4Cl)cc(OC)c3C2)C1. The van der Waals surface area contributed by atoms with Crippen LogP contribution in [0.25, 0.3) is 33.5 Å². The van der Waals surface area contributed by atoms with E-state index in [9.17, 15) is 9.90 Å². The lowest BCUT2D eigenvalue weighted by molar-refractivity contribution is -0.155. The number of likely N-dealkylation sites (tertiary alicyclic amines) is 2. The number of carbonyl (C=O) groups is 1. The third-order valence-corrected chi connectivity index (χ3v) is 10.5. The number of hydrogen-bond donors (Lipinski definition) is 1. The molecule has 250 valence electrons. The molecule has 3 heterocycles. The van der Waals surface area contributed by atoms with Crippen molar-refractivity contribution in [2.45, 2.75) is 38.5 Å². The average molecular weight is 690 g/mol. The van der Waals surface area contributed by atoms with Gasteiger partial charge in [0.05, 0.1) is 54.8 Å². The van der Waals surface area contributed by atoms with E-state index >= 15 is 0 Å². The van der Waals surface area contributed by atoms with Crippen molar-refractivity contribution in [3.63, 3.8) is 0 Å². The minimum atomic E-state index is -0.295. The number of aliphatic hydroxyl groups excluding tert-OH is 1. The molecule has 2 aliphatic heterocycles. The number of rotatable bonds is 10. The second kappa shape index (κ2) is 13.6. The zero-order valence-corrected chi connectivity index (χ0v) is 28.7. The maximum atomic E-state index is 12.2. The molecule has 7 rings (SSSR count). The molecule has 0 spiro atoms. The summed E-state index contributed by atoms with van der Waals surface area (Å²) in [5.74, 6) is 1.12. The molecule has 9 nitrogen and oxygen atoms in total. The Bertz CT molecular complexity index is 1860. The molecule has 0 amide bonds. The minimum Gasteiger partial charge on any atom is -0.496 e. The van der Waals surface area contributed by atoms with Gasteiger partial charge in [-0.05, 0) is 42.5 Å². The Balaban J connectivity index is 1.15. The number of β-amino-alcohol motifs (C(OH)–C–C–N with tert-alkyl or cyclic N) is 1. The van der Waals surface area contributed by atoms with Gasteiger partial charge in [0.1, 0.15) is 11.4 Å². The summed E-state index contributed by atoms with van der Waals surface area (Å²) in [5.41, 5.74) is 7.89. The quantitative estimate of drug-likeness (QED) is 0.203. The van der Waals surface area contributed by atoms with Gasteiger partial charge in [0.2, 0.25) is 5.88 Å². The predicted molar refractivity (Wildman–Crippen MR) is 186 cm³/mol. The Kier molecular flexibility index (Phi) is 9.32. The number of carbonyl (C=O) groups excluding carboxylic acids is 1. The molecule has 1 aromatic heterocycles. The van der Waals surface area contributed by atoms with Crippen LogP contribution in [0.3, 0.4) is 0 Å². The van der Waals surface area contributed by atoms with E-state index in [2.05, 4.69) is 26.9 Å². The lowest BCUT2D eigenvalue weighted by atomic mass is 9.95. The van der Waals surface area contributed by atoms with Crippen LogP contribution in [0.15, 0.2) is 54.7 Å². The van der Waals surface area contributed by atoms with Gasteiger partial charge in [-0.15, -0.1) is 0 Å². The smallest absolute Gasteiger partial charge is 0.311 e. The summed E-state index contributed by atoms with van der Waals surface area (Å²) in [6.07, 6.45) is 3.17. The summed E-state index contributed by atoms with van der Waals surface area (Å²) >= 11 is 14.3. The first-order valence-electron chi connectivity index (χ1n) is 16.3. The third kappa shape index (κ3) is 6.14. The molecule has 2 fully saturated rings. The van der Waals surface area contributed by atoms with Crippen molar-refractivity contribution in [3.05, 3.63) is 81.6 Å². The molecule has 11 heteroatoms. The second-order valence-electron chi connectivity index (χ2n) is 12.7. The van der Waals surface area contributed by atoms with E-state index in [1.54, 1.807) is 20.4 Å². The monoisotopic (exact) mass is 688 g/mol. The first-order chi connectivity index (χ1) is 23.3. The lowest BCUT2D eigenvalue weighted by Crippen LogP contribution is -2.55. The first kappa shape index (κ1) is 32.8. The van der Waals surface area contributed by atoms with E-state index in [-0.39, 0.29) is 18.0 Å². The fourth-order valence-corrected chi connectivity index (χ4v) is 7.74. The highest BCUT2D eigenvalue weighted by molar-refractivity contribution is 6.39. The molecular weight excluding hydrogens is 651 g/mol. The Hall–Kier alpha value is -3.73. The third-order valence-electron chi connectivity index (χ3n) is 9.65. The highest BCUT2D eigenvalue weighted by Gasteiger charge is 2.40. The van der Waals surface area contributed by atoms with E-state index < -0.39 is 0 Å². The van der Waals surface area contributed by atoms with Crippen LogP contribution in [-0.4, -0.2) is 90.0 Å². The van der Waals surface area contributed by atoms with Crippen molar-refractivity contribution >= 4 is 29.2 Å². The number of fused-ring (bicyclic) bond motifs is 1. The predicted octanol–water partition coefficient (Wildman–Crippen LogP) is 5.94. The van der Waals surface area contributed by atoms with E-state index in [0.717, 1.165) is 53.9 Å². The molecule has 2 saturated heterocycles. The van der Waals surface area contributed by atoms with Crippen LogP contribution in [-0.2, 0) is 28.9 Å². The van der Waals surface area contributed by atoms with Crippen molar-refractivity contribution < 1.29 is 24.1 Å². The van der Waals surface area contributed by atoms with Gasteiger partial charge in [-0.1, -0.05) is 65.7 Å². The van der Waals surface area contributed by atoms with E-state index in [1.165, 1.54) is 11.1 Å². The molecule has 0 unspecified atom stereocenters. The average Bonchev–Trinajstić information content (AvgIpc) is 3.47. The lowest BCUT2D eigenvalue weighted by Gasteiger charge is -2.41. The number of aromatic nitrogens is 2. The molecule has 1 N–H and O–H groups in total. The van der Waals surface area contributed by atoms with E-state index in [1.807, 2.05) is 43.3 Å². The van der Waals surface area contributed by atoms with Gasteiger partial charge in [0, 0.05) is 61.0 Å². The molecule has 48 heavy (non-hydrogen) atoms.